The lowest BCUT2D eigenvalue weighted by atomic mass is 9.60. The van der Waals surface area contributed by atoms with Crippen molar-refractivity contribution in [3.8, 4) is 0 Å². The third-order valence-electron chi connectivity index (χ3n) is 9.40. The highest BCUT2D eigenvalue weighted by Crippen LogP contribution is 3.18. The van der Waals surface area contributed by atoms with Crippen LogP contribution in [0, 0.1) is 17.3 Å². The molecule has 0 aromatic heterocycles. The lowest BCUT2D eigenvalue weighted by Gasteiger charge is -2.50. The summed E-state index contributed by atoms with van der Waals surface area (Å²) in [5.74, 6) is -0.777. The molecule has 0 radical (unpaired) electrons. The molecule has 1 aliphatic heterocycles. The fourth-order valence-electron chi connectivity index (χ4n) is 6.71. The Morgan fingerprint density at radius 2 is 1.42 bits per heavy atom. The van der Waals surface area contributed by atoms with Crippen LogP contribution in [0.5, 0.6) is 0 Å². The van der Waals surface area contributed by atoms with Crippen LogP contribution in [-0.4, -0.2) is 47.9 Å². The van der Waals surface area contributed by atoms with E-state index in [0.29, 0.717) is 33.8 Å². The van der Waals surface area contributed by atoms with Crippen LogP contribution < -0.4 is 0 Å². The van der Waals surface area contributed by atoms with E-state index < -0.39 is 86.5 Å². The zero-order valence-electron chi connectivity index (χ0n) is 33.5. The molecular formula is C22H66O7P30. The molecule has 0 saturated carbocycles. The number of hydrogen-bond acceptors (Lipinski definition) is 7. The fourth-order valence-corrected chi connectivity index (χ4v) is 202. The minimum Gasteiger partial charge on any atom is -0.426 e. The summed E-state index contributed by atoms with van der Waals surface area (Å²) in [6, 6.07) is 0. The summed E-state index contributed by atoms with van der Waals surface area (Å²) in [6.45, 7) is 11.9. The van der Waals surface area contributed by atoms with Gasteiger partial charge in [0.15, 0.2) is 11.7 Å². The Balaban J connectivity index is 2.71. The molecule has 0 aromatic carbocycles. The van der Waals surface area contributed by atoms with Gasteiger partial charge in [-0.05, 0) is 98.6 Å². The number of hydrogen-bond donors (Lipinski definition) is 1. The highest BCUT2D eigenvalue weighted by molar-refractivity contribution is 9.19. The molecule has 7 nitrogen and oxygen atoms in total. The second-order valence-electron chi connectivity index (χ2n) is 13.9. The first-order chi connectivity index (χ1) is 27.2. The van der Waals surface area contributed by atoms with Gasteiger partial charge in [0.05, 0.1) is 47.5 Å². The first kappa shape index (κ1) is 66.6. The van der Waals surface area contributed by atoms with Gasteiger partial charge in [0.1, 0.15) is 0 Å². The monoisotopic (exact) mass is 1370 g/mol. The summed E-state index contributed by atoms with van der Waals surface area (Å²) in [4.78, 5) is 13.8. The number of allylic oxidation sites excluding steroid dienone is 1. The highest BCUT2D eigenvalue weighted by Gasteiger charge is 2.63. The number of cyclic esters (lactones) is 2. The Bertz CT molecular complexity index is 1350. The van der Waals surface area contributed by atoms with Gasteiger partial charge in [-0.15, -0.1) is 134 Å². The van der Waals surface area contributed by atoms with Crippen molar-refractivity contribution in [2.75, 3.05) is 6.61 Å². The van der Waals surface area contributed by atoms with Crippen LogP contribution in [-0.2, 0) is 23.0 Å². The summed E-state index contributed by atoms with van der Waals surface area (Å²) in [5, 5.41) is 12.5. The minimum atomic E-state index is -1.32. The summed E-state index contributed by atoms with van der Waals surface area (Å²) in [6.07, 6.45) is 1.19. The van der Waals surface area contributed by atoms with Crippen molar-refractivity contribution in [2.24, 2.45) is 17.3 Å². The number of carbonyl (C=O) groups is 1. The van der Waals surface area contributed by atoms with E-state index in [9.17, 15) is 9.90 Å². The number of aliphatic hydroxyl groups is 1. The van der Waals surface area contributed by atoms with E-state index in [-0.39, 0.29) is 59.4 Å². The van der Waals surface area contributed by atoms with Gasteiger partial charge in [0.25, 0.3) is 0 Å². The largest absolute Gasteiger partial charge is 0.509 e. The van der Waals surface area contributed by atoms with Crippen molar-refractivity contribution in [3.63, 3.8) is 0 Å². The summed E-state index contributed by atoms with van der Waals surface area (Å²) >= 11 is 0. The Labute approximate surface area is 410 Å². The zero-order chi connectivity index (χ0) is 45.5. The standard InChI is InChI=1S/C22H66O7P30/c1-12-11-21(5,6)16(10-17(12)29-49(57(45)53(37)38)59(55(41)42)56(43)44)19-22(27-20(24)26-19,13(2)8-7-9-25-47(50(31)32)51(33)34)14(3)18(23)15(4)28-48(52(35)36)58(46-30)54(39)40/h11,14-19,23,46H,2,7-10,30-45H2,1,3-6H3. The molecule has 0 spiro atoms. The molecule has 1 saturated heterocycles. The lowest BCUT2D eigenvalue weighted by Crippen LogP contribution is -2.58. The molecular weight excluding hydrogens is 1310 g/mol. The van der Waals surface area contributed by atoms with E-state index in [1.165, 1.54) is 5.57 Å². The Morgan fingerprint density at radius 3 is 1.88 bits per heavy atom. The fraction of sp³-hybridized carbons (Fsp3) is 0.773. The molecule has 1 fully saturated rings. The molecule has 1 aliphatic carbocycles. The lowest BCUT2D eigenvalue weighted by molar-refractivity contribution is -0.0982. The van der Waals surface area contributed by atoms with E-state index in [1.807, 2.05) is 13.8 Å². The van der Waals surface area contributed by atoms with Gasteiger partial charge in [-0.3, -0.25) is 0 Å². The van der Waals surface area contributed by atoms with Crippen molar-refractivity contribution in [2.45, 2.75) is 83.9 Å². The maximum absolute atomic E-state index is 13.8. The topological polar surface area (TPSA) is 83.5 Å². The predicted molar refractivity (Wildman–Crippen MR) is 358 cm³/mol. The molecule has 2 rings (SSSR count). The quantitative estimate of drug-likeness (QED) is 0.0422. The van der Waals surface area contributed by atoms with Gasteiger partial charge in [-0.25, -0.2) is 4.79 Å². The normalized spacial score (nSPS) is 26.5. The molecule has 1 heterocycles. The van der Waals surface area contributed by atoms with Crippen LogP contribution in [0.1, 0.15) is 53.9 Å². The molecule has 37 heteroatoms. The molecule has 59 heavy (non-hydrogen) atoms. The van der Waals surface area contributed by atoms with Crippen LogP contribution in [0.4, 0.5) is 4.79 Å². The van der Waals surface area contributed by atoms with Crippen LogP contribution in [0.25, 0.3) is 0 Å². The van der Waals surface area contributed by atoms with Crippen molar-refractivity contribution < 1.29 is 32.9 Å². The second kappa shape index (κ2) is 32.3. The Kier molecular flexibility index (Phi) is 36.4. The second-order valence-corrected chi connectivity index (χ2v) is 121. The maximum Gasteiger partial charge on any atom is 0.509 e. The smallest absolute Gasteiger partial charge is 0.426 e. The van der Waals surface area contributed by atoms with E-state index in [4.69, 9.17) is 29.6 Å². The Morgan fingerprint density at radius 1 is 0.881 bits per heavy atom. The average Bonchev–Trinajstić information content (AvgIpc) is 3.46. The zero-order valence-corrected chi connectivity index (χ0v) is 64.6. The number of aliphatic hydroxyl groups excluding tert-OH is 1. The maximum atomic E-state index is 13.8. The molecule has 28 atom stereocenters. The third kappa shape index (κ3) is 19.8. The van der Waals surface area contributed by atoms with Crippen molar-refractivity contribution >= 4 is 249 Å². The van der Waals surface area contributed by atoms with Crippen LogP contribution in [0.15, 0.2) is 23.8 Å². The van der Waals surface area contributed by atoms with E-state index in [1.54, 1.807) is 0 Å². The predicted octanol–water partition coefficient (Wildman–Crippen LogP) is 20.8. The third-order valence-corrected chi connectivity index (χ3v) is 150. The van der Waals surface area contributed by atoms with E-state index in [0.717, 1.165) is 5.57 Å². The van der Waals surface area contributed by atoms with Crippen LogP contribution >= 0.6 is 243 Å². The Hall–Kier alpha value is 11.5. The van der Waals surface area contributed by atoms with Crippen LogP contribution in [0.2, 0.25) is 0 Å². The van der Waals surface area contributed by atoms with Gasteiger partial charge in [0, 0.05) is 32.8 Å². The molecule has 1 N–H and O–H groups in total. The van der Waals surface area contributed by atoms with Crippen molar-refractivity contribution in [3.05, 3.63) is 23.8 Å². The van der Waals surface area contributed by atoms with Gasteiger partial charge in [0.2, 0.25) is 0 Å². The molecule has 0 aromatic rings. The van der Waals surface area contributed by atoms with Gasteiger partial charge in [-0.2, -0.15) is 0 Å². The van der Waals surface area contributed by atoms with E-state index >= 15 is 0 Å². The van der Waals surface area contributed by atoms with E-state index in [2.05, 4.69) is 170 Å². The molecule has 2 aliphatic rings. The first-order valence-corrected chi connectivity index (χ1v) is 69.3. The summed E-state index contributed by atoms with van der Waals surface area (Å²) in [5.41, 5.74) is 0.262. The highest BCUT2D eigenvalue weighted by atomic mass is 33.2. The van der Waals surface area contributed by atoms with Crippen molar-refractivity contribution in [1.29, 1.82) is 0 Å². The molecule has 346 valence electrons. The summed E-state index contributed by atoms with van der Waals surface area (Å²) < 4.78 is 33.9. The number of carbonyl (C=O) groups excluding carboxylic acids is 1. The molecule has 0 bridgehead atoms. The molecule has 0 amide bonds. The van der Waals surface area contributed by atoms with Gasteiger partial charge < -0.3 is 28.2 Å². The first-order valence-electron chi connectivity index (χ1n) is 17.2. The van der Waals surface area contributed by atoms with Crippen molar-refractivity contribution in [1.82, 2.24) is 0 Å². The van der Waals surface area contributed by atoms with Gasteiger partial charge in [-0.1, -0.05) is 50.3 Å². The minimum absolute atomic E-state index is 0.148. The summed E-state index contributed by atoms with van der Waals surface area (Å²) in [7, 11) is 46.9. The number of rotatable bonds is 25. The average molecular weight is 1370 g/mol. The van der Waals surface area contributed by atoms with Crippen LogP contribution in [0.3, 0.4) is 0 Å². The molecule has 28 unspecified atom stereocenters. The van der Waals surface area contributed by atoms with Gasteiger partial charge >= 0.3 is 6.16 Å². The SMILES string of the molecule is C=C(CCCOP(P(P)P)P(P)P)C1(C(C)C(O)C(C)OP(P(P)P)P(PP)P(P)P)OC(=O)OC1C1CC(OP(P(P)P(P)P)P(P(P)P)P(P)P)C(C)=CC1(C)C. The number of ether oxygens (including phenoxy) is 2.